The Morgan fingerprint density at radius 3 is 2.65 bits per heavy atom. The number of nitriles is 1. The Balaban J connectivity index is 3.24. The Bertz CT molecular complexity index is 657. The highest BCUT2D eigenvalue weighted by atomic mass is 16.2. The summed E-state index contributed by atoms with van der Waals surface area (Å²) in [4.78, 5) is 0. The third-order valence-corrected chi connectivity index (χ3v) is 4.20. The van der Waals surface area contributed by atoms with Gasteiger partial charge in [-0.3, -0.25) is 0 Å². The van der Waals surface area contributed by atoms with Crippen molar-refractivity contribution in [2.75, 3.05) is 6.61 Å². The van der Waals surface area contributed by atoms with Crippen molar-refractivity contribution in [2.24, 2.45) is 0 Å². The minimum absolute atomic E-state index is 0.150. The number of hydrogen-bond donors (Lipinski definition) is 1. The number of benzene rings is 1. The van der Waals surface area contributed by atoms with Crippen molar-refractivity contribution in [1.82, 2.24) is 0 Å². The van der Waals surface area contributed by atoms with Crippen LogP contribution in [0.5, 0.6) is 0 Å². The Morgan fingerprint density at radius 1 is 1.39 bits per heavy atom. The van der Waals surface area contributed by atoms with Gasteiger partial charge < -0.3 is 5.11 Å². The van der Waals surface area contributed by atoms with Crippen LogP contribution in [0, 0.1) is 18.3 Å². The maximum absolute atomic E-state index is 9.16. The molecule has 0 heterocycles. The summed E-state index contributed by atoms with van der Waals surface area (Å²) in [7, 11) is 0. The van der Waals surface area contributed by atoms with Gasteiger partial charge in [-0.15, -0.1) is 0 Å². The maximum atomic E-state index is 9.16. The van der Waals surface area contributed by atoms with Gasteiger partial charge in [-0.2, -0.15) is 5.26 Å². The number of hydrogen-bond acceptors (Lipinski definition) is 2. The van der Waals surface area contributed by atoms with Crippen LogP contribution in [0.2, 0.25) is 0 Å². The van der Waals surface area contributed by atoms with Crippen molar-refractivity contribution < 1.29 is 5.11 Å². The molecule has 0 amide bonds. The summed E-state index contributed by atoms with van der Waals surface area (Å²) in [6.07, 6.45) is 6.95. The van der Waals surface area contributed by atoms with Gasteiger partial charge in [-0.05, 0) is 48.1 Å². The summed E-state index contributed by atoms with van der Waals surface area (Å²) in [6.45, 7) is 12.7. The van der Waals surface area contributed by atoms with Crippen LogP contribution in [-0.2, 0) is 11.8 Å². The highest BCUT2D eigenvalue weighted by Crippen LogP contribution is 2.35. The Hall–Kier alpha value is -2.11. The molecule has 0 aliphatic carbocycles. The quantitative estimate of drug-likeness (QED) is 0.737. The van der Waals surface area contributed by atoms with Gasteiger partial charge in [0, 0.05) is 12.0 Å². The normalized spacial score (nSPS) is 12.4. The van der Waals surface area contributed by atoms with Crippen molar-refractivity contribution in [3.63, 3.8) is 0 Å². The summed E-state index contributed by atoms with van der Waals surface area (Å²) in [5.41, 5.74) is 5.25. The largest absolute Gasteiger partial charge is 0.396 e. The number of nitrogens with zero attached hydrogens (tertiary/aromatic N) is 1. The van der Waals surface area contributed by atoms with Gasteiger partial charge in [0.2, 0.25) is 0 Å². The molecule has 122 valence electrons. The van der Waals surface area contributed by atoms with Crippen molar-refractivity contribution in [2.45, 2.75) is 46.0 Å². The van der Waals surface area contributed by atoms with Crippen LogP contribution >= 0.6 is 0 Å². The van der Waals surface area contributed by atoms with E-state index >= 15 is 0 Å². The van der Waals surface area contributed by atoms with Gasteiger partial charge in [0.1, 0.15) is 0 Å². The fourth-order valence-electron chi connectivity index (χ4n) is 2.67. The first-order chi connectivity index (χ1) is 10.9. The highest BCUT2D eigenvalue weighted by molar-refractivity contribution is 5.46. The fraction of sp³-hybridized carbons (Fsp3) is 0.381. The lowest BCUT2D eigenvalue weighted by Gasteiger charge is -2.29. The molecule has 0 atom stereocenters. The standard InChI is InChI=1S/C21H27NO/c1-6-7-18(10-12-22)14-17(3)21(4,5)20-15-19(11-13-23)9-8-16(20)2/h6-9,14-15,23H,3,10-11,13H2,1-2,4-5H3/b7-6-,18-14+. The molecule has 1 rings (SSSR count). The molecule has 0 aliphatic rings. The van der Waals surface area contributed by atoms with E-state index in [1.165, 1.54) is 11.1 Å². The molecule has 0 fully saturated rings. The van der Waals surface area contributed by atoms with E-state index in [9.17, 15) is 0 Å². The van der Waals surface area contributed by atoms with Gasteiger partial charge in [0.15, 0.2) is 0 Å². The minimum Gasteiger partial charge on any atom is -0.396 e. The number of aliphatic hydroxyl groups excluding tert-OH is 1. The van der Waals surface area contributed by atoms with E-state index in [-0.39, 0.29) is 12.0 Å². The van der Waals surface area contributed by atoms with Gasteiger partial charge in [-0.25, -0.2) is 0 Å². The first-order valence-corrected chi connectivity index (χ1v) is 7.97. The summed E-state index contributed by atoms with van der Waals surface area (Å²) in [5, 5.41) is 18.1. The predicted octanol–water partition coefficient (Wildman–Crippen LogP) is 4.78. The zero-order chi connectivity index (χ0) is 17.5. The van der Waals surface area contributed by atoms with Gasteiger partial charge in [-0.1, -0.05) is 56.9 Å². The molecule has 2 heteroatoms. The molecule has 2 nitrogen and oxygen atoms in total. The Kier molecular flexibility index (Phi) is 7.00. The SMILES string of the molecule is C=C(/C=C(\C=C/C)CC#N)C(C)(C)c1cc(CCO)ccc1C. The average molecular weight is 309 g/mol. The third-order valence-electron chi connectivity index (χ3n) is 4.20. The summed E-state index contributed by atoms with van der Waals surface area (Å²) in [5.74, 6) is 0. The molecular formula is C21H27NO. The smallest absolute Gasteiger partial charge is 0.0669 e. The molecule has 23 heavy (non-hydrogen) atoms. The van der Waals surface area contributed by atoms with Gasteiger partial charge in [0.05, 0.1) is 12.5 Å². The first kappa shape index (κ1) is 18.9. The van der Waals surface area contributed by atoms with E-state index in [4.69, 9.17) is 10.4 Å². The Morgan fingerprint density at radius 2 is 2.09 bits per heavy atom. The monoisotopic (exact) mass is 309 g/mol. The van der Waals surface area contributed by atoms with Gasteiger partial charge in [0.25, 0.3) is 0 Å². The molecule has 1 aromatic carbocycles. The van der Waals surface area contributed by atoms with Crippen LogP contribution in [0.4, 0.5) is 0 Å². The van der Waals surface area contributed by atoms with E-state index in [1.54, 1.807) is 0 Å². The van der Waals surface area contributed by atoms with Crippen LogP contribution in [-0.4, -0.2) is 11.7 Å². The molecule has 0 saturated heterocycles. The van der Waals surface area contributed by atoms with E-state index in [1.807, 2.05) is 25.2 Å². The second-order valence-electron chi connectivity index (χ2n) is 6.33. The summed E-state index contributed by atoms with van der Waals surface area (Å²) >= 11 is 0. The average Bonchev–Trinajstić information content (AvgIpc) is 2.49. The number of aliphatic hydroxyl groups is 1. The summed E-state index contributed by atoms with van der Waals surface area (Å²) in [6, 6.07) is 8.51. The lowest BCUT2D eigenvalue weighted by molar-refractivity contribution is 0.299. The first-order valence-electron chi connectivity index (χ1n) is 7.97. The highest BCUT2D eigenvalue weighted by Gasteiger charge is 2.25. The van der Waals surface area contributed by atoms with Gasteiger partial charge >= 0.3 is 0 Å². The fourth-order valence-corrected chi connectivity index (χ4v) is 2.67. The second kappa shape index (κ2) is 8.50. The maximum Gasteiger partial charge on any atom is 0.0669 e. The molecule has 1 N–H and O–H groups in total. The van der Waals surface area contributed by atoms with Crippen LogP contribution in [0.15, 0.2) is 54.2 Å². The van der Waals surface area contributed by atoms with Crippen molar-refractivity contribution in [3.05, 3.63) is 70.8 Å². The number of aryl methyl sites for hydroxylation is 1. The summed E-state index contributed by atoms with van der Waals surface area (Å²) < 4.78 is 0. The van der Waals surface area contributed by atoms with Crippen molar-refractivity contribution in [3.8, 4) is 6.07 Å². The lowest BCUT2D eigenvalue weighted by atomic mass is 9.75. The van der Waals surface area contributed by atoms with Crippen LogP contribution < -0.4 is 0 Å². The van der Waals surface area contributed by atoms with E-state index < -0.39 is 0 Å². The van der Waals surface area contributed by atoms with Crippen LogP contribution in [0.25, 0.3) is 0 Å². The topological polar surface area (TPSA) is 44.0 Å². The van der Waals surface area contributed by atoms with Crippen molar-refractivity contribution in [1.29, 1.82) is 5.26 Å². The predicted molar refractivity (Wildman–Crippen MR) is 97.3 cm³/mol. The molecule has 0 spiro atoms. The van der Waals surface area contributed by atoms with Crippen LogP contribution in [0.3, 0.4) is 0 Å². The Labute approximate surface area is 140 Å². The van der Waals surface area contributed by atoms with E-state index in [0.717, 1.165) is 16.7 Å². The van der Waals surface area contributed by atoms with E-state index in [0.29, 0.717) is 12.8 Å². The number of rotatable bonds is 7. The molecule has 0 aromatic heterocycles. The van der Waals surface area contributed by atoms with Crippen molar-refractivity contribution >= 4 is 0 Å². The van der Waals surface area contributed by atoms with E-state index in [2.05, 4.69) is 51.6 Å². The molecule has 1 aromatic rings. The number of allylic oxidation sites excluding steroid dienone is 5. The third kappa shape index (κ3) is 4.94. The second-order valence-corrected chi connectivity index (χ2v) is 6.33. The molecule has 0 unspecified atom stereocenters. The zero-order valence-electron chi connectivity index (χ0n) is 14.7. The molecule has 0 radical (unpaired) electrons. The molecular weight excluding hydrogens is 282 g/mol. The minimum atomic E-state index is -0.238. The molecule has 0 aliphatic heterocycles. The van der Waals surface area contributed by atoms with Crippen LogP contribution in [0.1, 0.15) is 43.9 Å². The molecule has 0 bridgehead atoms. The zero-order valence-corrected chi connectivity index (χ0v) is 14.7. The lowest BCUT2D eigenvalue weighted by Crippen LogP contribution is -2.21. The molecule has 0 saturated carbocycles.